The van der Waals surface area contributed by atoms with Gasteiger partial charge in [0.15, 0.2) is 0 Å². The molecule has 7 heteroatoms. The molecule has 0 fully saturated rings. The van der Waals surface area contributed by atoms with Gasteiger partial charge in [0.2, 0.25) is 5.88 Å². The second kappa shape index (κ2) is 7.27. The summed E-state index contributed by atoms with van der Waals surface area (Å²) in [6.45, 7) is 5.06. The lowest BCUT2D eigenvalue weighted by Gasteiger charge is -2.11. The summed E-state index contributed by atoms with van der Waals surface area (Å²) >= 11 is 0. The number of hydrogen-bond donors (Lipinski definition) is 2. The highest BCUT2D eigenvalue weighted by molar-refractivity contribution is 5.82. The van der Waals surface area contributed by atoms with Gasteiger partial charge in [-0.3, -0.25) is 14.8 Å². The Hall–Kier alpha value is -2.67. The Labute approximate surface area is 139 Å². The van der Waals surface area contributed by atoms with E-state index >= 15 is 0 Å². The number of benzene rings is 1. The van der Waals surface area contributed by atoms with Crippen LogP contribution < -0.4 is 11.2 Å². The van der Waals surface area contributed by atoms with Crippen molar-refractivity contribution in [3.63, 3.8) is 0 Å². The first-order valence-electron chi connectivity index (χ1n) is 7.61. The molecule has 7 nitrogen and oxygen atoms in total. The highest BCUT2D eigenvalue weighted by atomic mass is 16.3. The Bertz CT molecular complexity index is 878. The third-order valence-electron chi connectivity index (χ3n) is 3.77. The normalized spacial score (nSPS) is 11.5. The van der Waals surface area contributed by atoms with Crippen LogP contribution >= 0.6 is 0 Å². The van der Waals surface area contributed by atoms with Crippen molar-refractivity contribution < 1.29 is 5.11 Å². The quantitative estimate of drug-likeness (QED) is 0.795. The van der Waals surface area contributed by atoms with Crippen LogP contribution in [0.5, 0.6) is 5.88 Å². The summed E-state index contributed by atoms with van der Waals surface area (Å²) in [4.78, 5) is 32.4. The van der Waals surface area contributed by atoms with E-state index in [4.69, 9.17) is 0 Å². The largest absolute Gasteiger partial charge is 0.493 e. The second-order valence-corrected chi connectivity index (χ2v) is 5.94. The molecular weight excluding hydrogens is 308 g/mol. The fourth-order valence-corrected chi connectivity index (χ4v) is 2.17. The Morgan fingerprint density at radius 2 is 1.96 bits per heavy atom. The molecule has 2 rings (SSSR count). The van der Waals surface area contributed by atoms with Crippen LogP contribution in [0, 0.1) is 13.8 Å². The van der Waals surface area contributed by atoms with E-state index in [2.05, 4.69) is 9.98 Å². The maximum Gasteiger partial charge on any atom is 0.335 e. The summed E-state index contributed by atoms with van der Waals surface area (Å²) < 4.78 is 1.07. The molecule has 24 heavy (non-hydrogen) atoms. The topological polar surface area (TPSA) is 90.7 Å². The molecule has 0 saturated heterocycles. The highest BCUT2D eigenvalue weighted by Gasteiger charge is 2.14. The predicted molar refractivity (Wildman–Crippen MR) is 94.8 cm³/mol. The summed E-state index contributed by atoms with van der Waals surface area (Å²) in [6.07, 6.45) is 1.30. The molecule has 2 N–H and O–H groups in total. The average Bonchev–Trinajstić information content (AvgIpc) is 2.49. The monoisotopic (exact) mass is 330 g/mol. The Balaban J connectivity index is 2.50. The van der Waals surface area contributed by atoms with Gasteiger partial charge in [0.25, 0.3) is 5.56 Å². The van der Waals surface area contributed by atoms with Crippen LogP contribution in [0.15, 0.2) is 32.8 Å². The van der Waals surface area contributed by atoms with Gasteiger partial charge in [0.1, 0.15) is 5.56 Å². The maximum absolute atomic E-state index is 12.1. The van der Waals surface area contributed by atoms with Crippen molar-refractivity contribution in [2.24, 2.45) is 4.99 Å². The third kappa shape index (κ3) is 3.80. The average molecular weight is 330 g/mol. The molecule has 1 heterocycles. The molecule has 0 amide bonds. The molecule has 2 aromatic rings. The van der Waals surface area contributed by atoms with Crippen LogP contribution in [-0.4, -0.2) is 53.0 Å². The number of aryl methyl sites for hydroxylation is 2. The fraction of sp³-hybridized carbons (Fsp3) is 0.353. The van der Waals surface area contributed by atoms with Crippen molar-refractivity contribution in [1.29, 1.82) is 0 Å². The molecule has 0 aliphatic heterocycles. The van der Waals surface area contributed by atoms with Crippen molar-refractivity contribution in [2.75, 3.05) is 27.2 Å². The Morgan fingerprint density at radius 1 is 1.25 bits per heavy atom. The Morgan fingerprint density at radius 3 is 2.58 bits per heavy atom. The molecule has 1 aromatic carbocycles. The molecule has 0 unspecified atom stereocenters. The van der Waals surface area contributed by atoms with E-state index in [9.17, 15) is 14.7 Å². The maximum atomic E-state index is 12.1. The van der Waals surface area contributed by atoms with Gasteiger partial charge in [-0.2, -0.15) is 0 Å². The fourth-order valence-electron chi connectivity index (χ4n) is 2.17. The lowest BCUT2D eigenvalue weighted by Crippen LogP contribution is -2.31. The van der Waals surface area contributed by atoms with Crippen LogP contribution in [0.3, 0.4) is 0 Å². The van der Waals surface area contributed by atoms with Gasteiger partial charge in [-0.05, 0) is 51.2 Å². The van der Waals surface area contributed by atoms with E-state index in [1.807, 2.05) is 38.9 Å². The van der Waals surface area contributed by atoms with E-state index in [0.29, 0.717) is 18.8 Å². The summed E-state index contributed by atoms with van der Waals surface area (Å²) in [5, 5.41) is 10.4. The first-order valence-corrected chi connectivity index (χ1v) is 7.61. The summed E-state index contributed by atoms with van der Waals surface area (Å²) in [6, 6.07) is 5.35. The lowest BCUT2D eigenvalue weighted by atomic mass is 10.1. The van der Waals surface area contributed by atoms with Crippen molar-refractivity contribution in [3.8, 4) is 11.6 Å². The Kier molecular flexibility index (Phi) is 5.35. The van der Waals surface area contributed by atoms with Crippen molar-refractivity contribution in [1.82, 2.24) is 14.5 Å². The number of likely N-dealkylation sites (N-methyl/N-ethyl adjacent to an activating group) is 1. The van der Waals surface area contributed by atoms with Crippen molar-refractivity contribution in [3.05, 3.63) is 55.7 Å². The predicted octanol–water partition coefficient (Wildman–Crippen LogP) is 0.829. The van der Waals surface area contributed by atoms with Crippen molar-refractivity contribution >= 4 is 6.21 Å². The molecule has 0 spiro atoms. The number of nitrogens with one attached hydrogen (secondary N) is 1. The summed E-state index contributed by atoms with van der Waals surface area (Å²) in [5.41, 5.74) is 1.15. The molecule has 128 valence electrons. The van der Waals surface area contributed by atoms with Gasteiger partial charge in [-0.15, -0.1) is 0 Å². The van der Waals surface area contributed by atoms with Crippen molar-refractivity contribution in [2.45, 2.75) is 13.8 Å². The van der Waals surface area contributed by atoms with E-state index < -0.39 is 17.1 Å². The first-order chi connectivity index (χ1) is 11.3. The number of nitrogens with zero attached hydrogens (tertiary/aromatic N) is 3. The molecule has 0 aliphatic rings. The van der Waals surface area contributed by atoms with E-state index in [1.54, 1.807) is 12.1 Å². The summed E-state index contributed by atoms with van der Waals surface area (Å²) in [7, 11) is 3.83. The van der Waals surface area contributed by atoms with E-state index in [-0.39, 0.29) is 5.56 Å². The third-order valence-corrected chi connectivity index (χ3v) is 3.77. The van der Waals surface area contributed by atoms with Gasteiger partial charge in [0.05, 0.1) is 12.2 Å². The minimum Gasteiger partial charge on any atom is -0.493 e. The van der Waals surface area contributed by atoms with Gasteiger partial charge in [-0.25, -0.2) is 9.36 Å². The van der Waals surface area contributed by atoms with Crippen LogP contribution in [0.25, 0.3) is 5.69 Å². The minimum absolute atomic E-state index is 0.0356. The van der Waals surface area contributed by atoms with E-state index in [0.717, 1.165) is 15.7 Å². The van der Waals surface area contributed by atoms with Crippen LogP contribution in [0.2, 0.25) is 0 Å². The lowest BCUT2D eigenvalue weighted by molar-refractivity contribution is 0.420. The smallest absolute Gasteiger partial charge is 0.335 e. The molecule has 1 aromatic heterocycles. The number of hydrogen-bond acceptors (Lipinski definition) is 5. The molecule has 0 radical (unpaired) electrons. The van der Waals surface area contributed by atoms with Gasteiger partial charge in [-0.1, -0.05) is 6.07 Å². The standard InChI is InChI=1S/C17H22N4O3/c1-11-5-6-13(9-12(11)2)21-16(23)14(15(22)19-17(21)24)10-18-7-8-20(3)4/h5-6,9-10,23H,7-8H2,1-4H3,(H,19,22,24). The van der Waals surface area contributed by atoms with Crippen LogP contribution in [-0.2, 0) is 0 Å². The minimum atomic E-state index is -0.689. The second-order valence-electron chi connectivity index (χ2n) is 5.94. The number of aromatic nitrogens is 2. The summed E-state index contributed by atoms with van der Waals surface area (Å²) in [5.74, 6) is -0.416. The zero-order valence-electron chi connectivity index (χ0n) is 14.3. The number of aromatic hydroxyl groups is 1. The molecular formula is C17H22N4O3. The number of aliphatic imine (C=N–C) groups is 1. The van der Waals surface area contributed by atoms with Crippen LogP contribution in [0.4, 0.5) is 0 Å². The first kappa shape index (κ1) is 17.7. The number of aromatic amines is 1. The highest BCUT2D eigenvalue weighted by Crippen LogP contribution is 2.18. The van der Waals surface area contributed by atoms with Gasteiger partial charge in [0, 0.05) is 12.8 Å². The molecule has 0 bridgehead atoms. The number of rotatable bonds is 5. The molecule has 0 aliphatic carbocycles. The van der Waals surface area contributed by atoms with Crippen LogP contribution in [0.1, 0.15) is 16.7 Å². The zero-order valence-corrected chi connectivity index (χ0v) is 14.3. The molecule has 0 atom stereocenters. The zero-order chi connectivity index (χ0) is 17.9. The molecule has 0 saturated carbocycles. The van der Waals surface area contributed by atoms with Gasteiger partial charge < -0.3 is 10.0 Å². The van der Waals surface area contributed by atoms with Gasteiger partial charge >= 0.3 is 5.69 Å². The van der Waals surface area contributed by atoms with E-state index in [1.165, 1.54) is 6.21 Å². The number of H-pyrrole nitrogens is 1. The SMILES string of the molecule is Cc1ccc(-n2c(O)c(C=NCCN(C)C)c(=O)[nH]c2=O)cc1C.